The number of oxime groups is 1. The summed E-state index contributed by atoms with van der Waals surface area (Å²) in [5.74, 6) is 1.34. The van der Waals surface area contributed by atoms with Gasteiger partial charge in [-0.2, -0.15) is 11.8 Å². The van der Waals surface area contributed by atoms with Crippen LogP contribution in [0.3, 0.4) is 0 Å². The summed E-state index contributed by atoms with van der Waals surface area (Å²) in [7, 11) is 0. The lowest BCUT2D eigenvalue weighted by Crippen LogP contribution is -2.28. The molecule has 1 aromatic rings. The molecule has 2 rings (SSSR count). The first-order valence-corrected chi connectivity index (χ1v) is 7.92. The van der Waals surface area contributed by atoms with Crippen LogP contribution in [0, 0.1) is 0 Å². The van der Waals surface area contributed by atoms with Crippen LogP contribution in [0.1, 0.15) is 31.4 Å². The zero-order valence-electron chi connectivity index (χ0n) is 12.2. The van der Waals surface area contributed by atoms with Crippen molar-refractivity contribution in [3.05, 3.63) is 35.4 Å². The van der Waals surface area contributed by atoms with E-state index in [1.165, 1.54) is 6.42 Å². The largest absolute Gasteiger partial charge is 0.409 e. The van der Waals surface area contributed by atoms with E-state index in [-0.39, 0.29) is 5.84 Å². The molecule has 0 radical (unpaired) electrons. The lowest BCUT2D eigenvalue weighted by Gasteiger charge is -2.23. The fourth-order valence-electron chi connectivity index (χ4n) is 2.42. The van der Waals surface area contributed by atoms with E-state index in [0.717, 1.165) is 36.5 Å². The number of rotatable bonds is 3. The minimum Gasteiger partial charge on any atom is -0.409 e. The van der Waals surface area contributed by atoms with Gasteiger partial charge in [0.25, 0.3) is 0 Å². The van der Waals surface area contributed by atoms with Gasteiger partial charge in [-0.05, 0) is 18.5 Å². The standard InChI is InChI=1S/C15H23N3OS/c1-15(2)7-8-18(9-10-20-15)11-12-5-3-4-6-13(12)14(16)17-19/h3-6,19H,7-11H2,1-2H3,(H2,16,17). The van der Waals surface area contributed by atoms with E-state index in [1.807, 2.05) is 30.0 Å². The topological polar surface area (TPSA) is 61.8 Å². The van der Waals surface area contributed by atoms with Crippen LogP contribution in [0.15, 0.2) is 29.4 Å². The summed E-state index contributed by atoms with van der Waals surface area (Å²) in [6.45, 7) is 7.64. The predicted molar refractivity (Wildman–Crippen MR) is 85.4 cm³/mol. The fourth-order valence-corrected chi connectivity index (χ4v) is 3.56. The molecule has 5 heteroatoms. The quantitative estimate of drug-likeness (QED) is 0.389. The predicted octanol–water partition coefficient (Wildman–Crippen LogP) is 2.50. The van der Waals surface area contributed by atoms with E-state index < -0.39 is 0 Å². The monoisotopic (exact) mass is 293 g/mol. The number of nitrogens with zero attached hydrogens (tertiary/aromatic N) is 2. The highest BCUT2D eigenvalue weighted by Crippen LogP contribution is 2.31. The van der Waals surface area contributed by atoms with Crippen LogP contribution in [0.25, 0.3) is 0 Å². The Bertz CT molecular complexity index is 488. The van der Waals surface area contributed by atoms with Gasteiger partial charge in [-0.15, -0.1) is 0 Å². The normalized spacial score (nSPS) is 20.6. The van der Waals surface area contributed by atoms with E-state index in [9.17, 15) is 0 Å². The average molecular weight is 293 g/mol. The van der Waals surface area contributed by atoms with Crippen molar-refractivity contribution in [2.75, 3.05) is 18.8 Å². The van der Waals surface area contributed by atoms with Gasteiger partial charge in [0.05, 0.1) is 0 Å². The van der Waals surface area contributed by atoms with Gasteiger partial charge in [-0.3, -0.25) is 4.90 Å². The summed E-state index contributed by atoms with van der Waals surface area (Å²) in [6.07, 6.45) is 1.18. The number of thioether (sulfide) groups is 1. The van der Waals surface area contributed by atoms with Gasteiger partial charge in [-0.1, -0.05) is 43.3 Å². The number of hydrogen-bond acceptors (Lipinski definition) is 4. The minimum atomic E-state index is 0.185. The molecule has 1 aliphatic rings. The van der Waals surface area contributed by atoms with Gasteiger partial charge in [0.1, 0.15) is 0 Å². The summed E-state index contributed by atoms with van der Waals surface area (Å²) < 4.78 is 0.361. The van der Waals surface area contributed by atoms with Crippen LogP contribution in [0.5, 0.6) is 0 Å². The maximum absolute atomic E-state index is 8.88. The van der Waals surface area contributed by atoms with E-state index >= 15 is 0 Å². The third kappa shape index (κ3) is 3.90. The molecule has 0 aliphatic carbocycles. The van der Waals surface area contributed by atoms with Crippen molar-refractivity contribution in [3.8, 4) is 0 Å². The summed E-state index contributed by atoms with van der Waals surface area (Å²) in [6, 6.07) is 7.87. The smallest absolute Gasteiger partial charge is 0.170 e. The SMILES string of the molecule is CC1(C)CCN(Cc2ccccc2/C(N)=N/O)CCS1. The molecule has 4 nitrogen and oxygen atoms in total. The lowest BCUT2D eigenvalue weighted by molar-refractivity contribution is 0.276. The number of benzene rings is 1. The maximum atomic E-state index is 8.88. The van der Waals surface area contributed by atoms with E-state index in [4.69, 9.17) is 10.9 Å². The van der Waals surface area contributed by atoms with Crippen molar-refractivity contribution in [1.29, 1.82) is 0 Å². The van der Waals surface area contributed by atoms with Crippen LogP contribution in [-0.2, 0) is 6.54 Å². The molecule has 1 fully saturated rings. The van der Waals surface area contributed by atoms with Crippen LogP contribution in [0.2, 0.25) is 0 Å². The molecule has 3 N–H and O–H groups in total. The Labute approximate surface area is 125 Å². The summed E-state index contributed by atoms with van der Waals surface area (Å²) in [4.78, 5) is 2.45. The Hall–Kier alpha value is -1.20. The Balaban J connectivity index is 2.10. The van der Waals surface area contributed by atoms with Crippen LogP contribution < -0.4 is 5.73 Å². The second kappa shape index (κ2) is 6.50. The zero-order chi connectivity index (χ0) is 14.6. The third-order valence-electron chi connectivity index (χ3n) is 3.73. The van der Waals surface area contributed by atoms with Gasteiger partial charge < -0.3 is 10.9 Å². The van der Waals surface area contributed by atoms with Crippen molar-refractivity contribution in [2.45, 2.75) is 31.6 Å². The zero-order valence-corrected chi connectivity index (χ0v) is 13.0. The molecule has 1 aliphatic heterocycles. The van der Waals surface area contributed by atoms with Crippen LogP contribution in [-0.4, -0.2) is 39.5 Å². The average Bonchev–Trinajstić information content (AvgIpc) is 2.60. The molecule has 1 aromatic carbocycles. The lowest BCUT2D eigenvalue weighted by atomic mass is 10.1. The van der Waals surface area contributed by atoms with Crippen molar-refractivity contribution in [1.82, 2.24) is 4.90 Å². The first-order valence-electron chi connectivity index (χ1n) is 6.94. The highest BCUT2D eigenvalue weighted by atomic mass is 32.2. The second-order valence-corrected chi connectivity index (χ2v) is 7.58. The molecule has 1 heterocycles. The molecule has 0 bridgehead atoms. The number of hydrogen-bond donors (Lipinski definition) is 2. The second-order valence-electron chi connectivity index (χ2n) is 5.78. The molecule has 20 heavy (non-hydrogen) atoms. The maximum Gasteiger partial charge on any atom is 0.170 e. The van der Waals surface area contributed by atoms with Crippen LogP contribution in [0.4, 0.5) is 0 Å². The molecular weight excluding hydrogens is 270 g/mol. The summed E-state index contributed by atoms with van der Waals surface area (Å²) in [5.41, 5.74) is 7.69. The highest BCUT2D eigenvalue weighted by molar-refractivity contribution is 8.00. The Morgan fingerprint density at radius 3 is 2.90 bits per heavy atom. The minimum absolute atomic E-state index is 0.185. The summed E-state index contributed by atoms with van der Waals surface area (Å²) in [5, 5.41) is 12.0. The van der Waals surface area contributed by atoms with Crippen molar-refractivity contribution < 1.29 is 5.21 Å². The molecule has 0 atom stereocenters. The van der Waals surface area contributed by atoms with E-state index in [2.05, 4.69) is 30.0 Å². The highest BCUT2D eigenvalue weighted by Gasteiger charge is 2.24. The van der Waals surface area contributed by atoms with Crippen molar-refractivity contribution >= 4 is 17.6 Å². The molecule has 110 valence electrons. The molecule has 1 saturated heterocycles. The molecule has 0 unspecified atom stereocenters. The third-order valence-corrected chi connectivity index (χ3v) is 5.10. The van der Waals surface area contributed by atoms with Crippen molar-refractivity contribution in [3.63, 3.8) is 0 Å². The van der Waals surface area contributed by atoms with Gasteiger partial charge in [0, 0.05) is 29.2 Å². The first-order chi connectivity index (χ1) is 9.52. The molecule has 0 aromatic heterocycles. The van der Waals surface area contributed by atoms with Gasteiger partial charge >= 0.3 is 0 Å². The van der Waals surface area contributed by atoms with Gasteiger partial charge in [0.15, 0.2) is 5.84 Å². The Morgan fingerprint density at radius 1 is 1.40 bits per heavy atom. The summed E-state index contributed by atoms with van der Waals surface area (Å²) >= 11 is 2.04. The van der Waals surface area contributed by atoms with Gasteiger partial charge in [-0.25, -0.2) is 0 Å². The number of amidine groups is 1. The Kier molecular flexibility index (Phi) is 4.94. The van der Waals surface area contributed by atoms with Gasteiger partial charge in [0.2, 0.25) is 0 Å². The van der Waals surface area contributed by atoms with Crippen LogP contribution >= 0.6 is 11.8 Å². The molecule has 0 amide bonds. The molecule has 0 saturated carbocycles. The van der Waals surface area contributed by atoms with E-state index in [1.54, 1.807) is 0 Å². The number of nitrogens with two attached hydrogens (primary N) is 1. The van der Waals surface area contributed by atoms with Crippen molar-refractivity contribution in [2.24, 2.45) is 10.9 Å². The first kappa shape index (κ1) is 15.2. The Morgan fingerprint density at radius 2 is 2.15 bits per heavy atom. The molecular formula is C15H23N3OS. The molecule has 0 spiro atoms. The van der Waals surface area contributed by atoms with E-state index in [0.29, 0.717) is 4.75 Å². The fraction of sp³-hybridized carbons (Fsp3) is 0.533.